The molecule has 43 heavy (non-hydrogen) atoms. The second-order valence-corrected chi connectivity index (χ2v) is 12.2. The molecule has 2 unspecified atom stereocenters. The highest BCUT2D eigenvalue weighted by atomic mass is 35.5. The molecule has 3 heterocycles. The number of para-hydroxylation sites is 1. The van der Waals surface area contributed by atoms with Crippen LogP contribution < -0.4 is 4.90 Å². The maximum atomic E-state index is 14.8. The van der Waals surface area contributed by atoms with E-state index in [4.69, 9.17) is 21.1 Å². The van der Waals surface area contributed by atoms with Gasteiger partial charge in [0.25, 0.3) is 5.91 Å². The summed E-state index contributed by atoms with van der Waals surface area (Å²) in [6.45, 7) is 9.35. The van der Waals surface area contributed by atoms with Gasteiger partial charge in [-0.05, 0) is 56.7 Å². The number of aliphatic hydroxyl groups is 1. The minimum absolute atomic E-state index is 0.135. The van der Waals surface area contributed by atoms with E-state index in [1.807, 2.05) is 37.3 Å². The number of carbonyl (C=O) groups excluding carboxylic acids is 3. The van der Waals surface area contributed by atoms with E-state index in [0.717, 1.165) is 5.56 Å². The number of hydrogen-bond donors (Lipinski definition) is 1. The fourth-order valence-corrected chi connectivity index (χ4v) is 7.51. The highest BCUT2D eigenvalue weighted by molar-refractivity contribution is 6.34. The number of ether oxygens (including phenoxy) is 2. The fraction of sp³-hybridized carbons (Fsp3) is 0.441. The summed E-state index contributed by atoms with van der Waals surface area (Å²) in [4.78, 5) is 46.0. The van der Waals surface area contributed by atoms with Crippen molar-refractivity contribution < 1.29 is 29.0 Å². The first-order chi connectivity index (χ1) is 20.7. The zero-order valence-electron chi connectivity index (χ0n) is 24.5. The van der Waals surface area contributed by atoms with Gasteiger partial charge in [-0.1, -0.05) is 66.2 Å². The molecule has 9 heteroatoms. The molecule has 3 aliphatic rings. The van der Waals surface area contributed by atoms with Crippen LogP contribution >= 0.6 is 11.6 Å². The quantitative estimate of drug-likeness (QED) is 0.201. The minimum atomic E-state index is -1.28. The number of benzene rings is 2. The predicted octanol–water partition coefficient (Wildman–Crippen LogP) is 4.74. The molecule has 3 aliphatic heterocycles. The second-order valence-electron chi connectivity index (χ2n) is 11.8. The summed E-state index contributed by atoms with van der Waals surface area (Å²) in [7, 11) is 0. The lowest BCUT2D eigenvalue weighted by molar-refractivity contribution is -0.160. The highest BCUT2D eigenvalue weighted by Gasteiger charge is 2.79. The van der Waals surface area contributed by atoms with Crippen LogP contribution in [0.5, 0.6) is 0 Å². The largest absolute Gasteiger partial charge is 0.465 e. The summed E-state index contributed by atoms with van der Waals surface area (Å²) in [6, 6.07) is 14.7. The van der Waals surface area contributed by atoms with Gasteiger partial charge in [-0.15, -0.1) is 13.2 Å². The maximum absolute atomic E-state index is 14.8. The first-order valence-corrected chi connectivity index (χ1v) is 15.2. The molecule has 228 valence electrons. The van der Waals surface area contributed by atoms with Crippen molar-refractivity contribution in [1.82, 2.24) is 4.90 Å². The molecule has 6 atom stereocenters. The first-order valence-electron chi connectivity index (χ1n) is 14.8. The molecule has 0 aromatic heterocycles. The molecule has 3 fully saturated rings. The van der Waals surface area contributed by atoms with Crippen LogP contribution in [0.25, 0.3) is 0 Å². The number of halogens is 1. The van der Waals surface area contributed by atoms with Crippen molar-refractivity contribution in [1.29, 1.82) is 0 Å². The van der Waals surface area contributed by atoms with Crippen LogP contribution in [-0.2, 0) is 30.3 Å². The van der Waals surface area contributed by atoms with E-state index in [9.17, 15) is 19.5 Å². The van der Waals surface area contributed by atoms with E-state index in [-0.39, 0.29) is 25.7 Å². The summed E-state index contributed by atoms with van der Waals surface area (Å²) in [6.07, 6.45) is 5.88. The van der Waals surface area contributed by atoms with E-state index in [1.54, 1.807) is 36.4 Å². The maximum Gasteiger partial charge on any atom is 0.312 e. The monoisotopic (exact) mass is 606 g/mol. The Morgan fingerprint density at radius 3 is 2.56 bits per heavy atom. The number of aliphatic hydroxyl groups excluding tert-OH is 1. The van der Waals surface area contributed by atoms with Gasteiger partial charge in [0, 0.05) is 6.54 Å². The molecule has 1 N–H and O–H groups in total. The van der Waals surface area contributed by atoms with Gasteiger partial charge in [-0.25, -0.2) is 0 Å². The van der Waals surface area contributed by atoms with Crippen molar-refractivity contribution in [3.63, 3.8) is 0 Å². The third kappa shape index (κ3) is 5.41. The lowest BCUT2D eigenvalue weighted by Gasteiger charge is -2.39. The minimum Gasteiger partial charge on any atom is -0.465 e. The van der Waals surface area contributed by atoms with Crippen molar-refractivity contribution in [2.75, 3.05) is 24.7 Å². The normalized spacial score (nSPS) is 27.9. The van der Waals surface area contributed by atoms with E-state index in [1.165, 1.54) is 9.80 Å². The van der Waals surface area contributed by atoms with Crippen LogP contribution in [0.3, 0.4) is 0 Å². The summed E-state index contributed by atoms with van der Waals surface area (Å²) in [5.74, 6) is -3.12. The number of likely N-dealkylation sites (tertiary alicyclic amines) is 1. The Hall–Kier alpha value is -3.46. The molecular weight excluding hydrogens is 568 g/mol. The third-order valence-electron chi connectivity index (χ3n) is 9.14. The standard InChI is InChI=1S/C34H39ClN2O6/c1-4-6-12-20-42-32(41)28-27-30(39)37(24(22-38)21-23-13-8-7-9-14-23)29(34(27)18-17-33(28,3)43-34)31(40)36(19-5-2)26-16-11-10-15-25(26)35/h4-5,7-11,13-16,24,27-29,38H,1-2,6,12,17-22H2,3H3/t24-,27+,28-,29?,33+,34?/m1/s1. The van der Waals surface area contributed by atoms with Crippen molar-refractivity contribution >= 4 is 35.1 Å². The lowest BCUT2D eigenvalue weighted by Crippen LogP contribution is -2.59. The summed E-state index contributed by atoms with van der Waals surface area (Å²) in [5, 5.41) is 11.1. The molecule has 1 spiro atoms. The van der Waals surface area contributed by atoms with Crippen molar-refractivity contribution in [2.45, 2.75) is 62.3 Å². The van der Waals surface area contributed by atoms with Crippen LogP contribution in [-0.4, -0.2) is 70.8 Å². The van der Waals surface area contributed by atoms with Gasteiger partial charge >= 0.3 is 5.97 Å². The van der Waals surface area contributed by atoms with Crippen LogP contribution in [0.1, 0.15) is 38.2 Å². The Kier molecular flexibility index (Phi) is 9.11. The van der Waals surface area contributed by atoms with Gasteiger partial charge in [0.1, 0.15) is 17.6 Å². The zero-order chi connectivity index (χ0) is 30.8. The van der Waals surface area contributed by atoms with Gasteiger partial charge in [-0.3, -0.25) is 14.4 Å². The molecule has 2 aromatic rings. The number of anilines is 1. The zero-order valence-corrected chi connectivity index (χ0v) is 25.2. The molecule has 3 saturated heterocycles. The number of fused-ring (bicyclic) bond motifs is 1. The molecule has 0 radical (unpaired) electrons. The number of allylic oxidation sites excluding steroid dienone is 1. The molecule has 5 rings (SSSR count). The Labute approximate surface area is 257 Å². The van der Waals surface area contributed by atoms with E-state index in [2.05, 4.69) is 13.2 Å². The summed E-state index contributed by atoms with van der Waals surface area (Å²) in [5.41, 5.74) is -0.873. The van der Waals surface area contributed by atoms with Gasteiger partial charge in [0.2, 0.25) is 5.91 Å². The van der Waals surface area contributed by atoms with Gasteiger partial charge < -0.3 is 24.4 Å². The van der Waals surface area contributed by atoms with Crippen molar-refractivity contribution in [2.24, 2.45) is 11.8 Å². The van der Waals surface area contributed by atoms with Crippen LogP contribution in [0.2, 0.25) is 5.02 Å². The van der Waals surface area contributed by atoms with Crippen LogP contribution in [0.4, 0.5) is 5.69 Å². The van der Waals surface area contributed by atoms with E-state index >= 15 is 0 Å². The average molecular weight is 607 g/mol. The SMILES string of the molecule is C=CCCCOC(=O)[C@H]1[C@H]2C(=O)N([C@@H](CO)Cc3ccccc3)C(C(=O)N(CC=C)c3ccccc3Cl)C23CC[C@]1(C)O3. The Bertz CT molecular complexity index is 1380. The molecule has 0 saturated carbocycles. The van der Waals surface area contributed by atoms with Gasteiger partial charge in [0.05, 0.1) is 41.5 Å². The van der Waals surface area contributed by atoms with E-state index in [0.29, 0.717) is 42.8 Å². The van der Waals surface area contributed by atoms with Crippen molar-refractivity contribution in [3.05, 3.63) is 90.5 Å². The number of rotatable bonds is 13. The first kappa shape index (κ1) is 31.0. The number of unbranched alkanes of at least 4 members (excludes halogenated alkanes) is 1. The number of nitrogens with zero attached hydrogens (tertiary/aromatic N) is 2. The Morgan fingerprint density at radius 2 is 1.88 bits per heavy atom. The number of amides is 2. The third-order valence-corrected chi connectivity index (χ3v) is 9.46. The van der Waals surface area contributed by atoms with Crippen LogP contribution in [0, 0.1) is 11.8 Å². The Morgan fingerprint density at radius 1 is 1.16 bits per heavy atom. The van der Waals surface area contributed by atoms with Crippen LogP contribution in [0.15, 0.2) is 79.9 Å². The summed E-state index contributed by atoms with van der Waals surface area (Å²) >= 11 is 6.57. The predicted molar refractivity (Wildman–Crippen MR) is 164 cm³/mol. The molecule has 2 aromatic carbocycles. The fourth-order valence-electron chi connectivity index (χ4n) is 7.28. The molecule has 2 amide bonds. The molecule has 2 bridgehead atoms. The topological polar surface area (TPSA) is 96.4 Å². The second kappa shape index (κ2) is 12.6. The number of esters is 1. The average Bonchev–Trinajstić information content (AvgIpc) is 3.58. The van der Waals surface area contributed by atoms with Crippen molar-refractivity contribution in [3.8, 4) is 0 Å². The molecule has 8 nitrogen and oxygen atoms in total. The summed E-state index contributed by atoms with van der Waals surface area (Å²) < 4.78 is 12.4. The highest BCUT2D eigenvalue weighted by Crippen LogP contribution is 2.64. The number of carbonyl (C=O) groups is 3. The smallest absolute Gasteiger partial charge is 0.312 e. The lowest BCUT2D eigenvalue weighted by atomic mass is 9.66. The molecule has 0 aliphatic carbocycles. The number of hydrogen-bond acceptors (Lipinski definition) is 6. The van der Waals surface area contributed by atoms with E-state index < -0.39 is 47.0 Å². The molecular formula is C34H39ClN2O6. The Balaban J connectivity index is 1.59. The van der Waals surface area contributed by atoms with Gasteiger partial charge in [-0.2, -0.15) is 0 Å². The van der Waals surface area contributed by atoms with Gasteiger partial charge in [0.15, 0.2) is 0 Å².